The first kappa shape index (κ1) is 13.4. The monoisotopic (exact) mass is 272 g/mol. The normalized spacial score (nSPS) is 15.6. The Morgan fingerprint density at radius 3 is 1.92 bits per heavy atom. The summed E-state index contributed by atoms with van der Waals surface area (Å²) in [6.45, 7) is 0.722. The van der Waals surface area contributed by atoms with Crippen molar-refractivity contribution in [2.75, 3.05) is 6.61 Å². The summed E-state index contributed by atoms with van der Waals surface area (Å²) in [6, 6.07) is 0. The van der Waals surface area contributed by atoms with Crippen LogP contribution in [0.5, 0.6) is 0 Å². The van der Waals surface area contributed by atoms with E-state index in [2.05, 4.69) is 19.0 Å². The maximum absolute atomic E-state index is 10.3. The van der Waals surface area contributed by atoms with Crippen LogP contribution in [0.1, 0.15) is 6.92 Å². The van der Waals surface area contributed by atoms with Crippen molar-refractivity contribution >= 4 is 40.0 Å². The van der Waals surface area contributed by atoms with Gasteiger partial charge < -0.3 is 0 Å². The van der Waals surface area contributed by atoms with Crippen LogP contribution in [0, 0.1) is 0 Å². The summed E-state index contributed by atoms with van der Waals surface area (Å²) in [5.74, 6) is 0. The van der Waals surface area contributed by atoms with Gasteiger partial charge in [0, 0.05) is 21.4 Å². The van der Waals surface area contributed by atoms with Crippen molar-refractivity contribution in [2.45, 2.75) is 13.0 Å². The maximum Gasteiger partial charge on any atom is 0.355 e. The van der Waals surface area contributed by atoms with Crippen LogP contribution in [0.15, 0.2) is 0 Å². The zero-order valence-corrected chi connectivity index (χ0v) is 9.45. The van der Waals surface area contributed by atoms with Crippen LogP contribution in [0.25, 0.3) is 0 Å². The second-order valence-corrected chi connectivity index (χ2v) is 6.25. The molecule has 0 aliphatic heterocycles. The largest absolute Gasteiger partial charge is 0.355 e. The zero-order valence-electron chi connectivity index (χ0n) is 6.31. The van der Waals surface area contributed by atoms with Gasteiger partial charge in [0.1, 0.15) is 6.10 Å². The van der Waals surface area contributed by atoms with Gasteiger partial charge in [-0.05, 0) is 6.92 Å². The SMILES string of the molecule is CC(COS(=O)(=O)Cl)OS(=O)(=O)Cl. The lowest BCUT2D eigenvalue weighted by Crippen LogP contribution is -2.18. The fraction of sp³-hybridized carbons (Fsp3) is 1.00. The van der Waals surface area contributed by atoms with Gasteiger partial charge in [0.05, 0.1) is 6.61 Å². The summed E-state index contributed by atoms with van der Waals surface area (Å²) >= 11 is 0. The van der Waals surface area contributed by atoms with Crippen LogP contribution < -0.4 is 0 Å². The summed E-state index contributed by atoms with van der Waals surface area (Å²) in [5.41, 5.74) is 0. The van der Waals surface area contributed by atoms with Crippen molar-refractivity contribution in [2.24, 2.45) is 0 Å². The minimum absolute atomic E-state index is 0.530. The molecule has 0 aromatic rings. The third-order valence-corrected chi connectivity index (χ3v) is 2.18. The predicted octanol–water partition coefficient (Wildman–Crippen LogP) is 0.375. The van der Waals surface area contributed by atoms with Crippen LogP contribution >= 0.6 is 21.4 Å². The minimum atomic E-state index is -4.14. The van der Waals surface area contributed by atoms with Crippen LogP contribution in [0.3, 0.4) is 0 Å². The zero-order chi connectivity index (χ0) is 10.7. The van der Waals surface area contributed by atoms with Gasteiger partial charge in [-0.2, -0.15) is 16.8 Å². The lowest BCUT2D eigenvalue weighted by Gasteiger charge is -2.07. The molecule has 0 heterocycles. The van der Waals surface area contributed by atoms with Crippen molar-refractivity contribution in [3.05, 3.63) is 0 Å². The van der Waals surface area contributed by atoms with Gasteiger partial charge in [-0.1, -0.05) is 0 Å². The molecule has 0 aliphatic carbocycles. The Kier molecular flexibility index (Phi) is 4.91. The Bertz CT molecular complexity index is 344. The van der Waals surface area contributed by atoms with E-state index in [-0.39, 0.29) is 0 Å². The highest BCUT2D eigenvalue weighted by molar-refractivity contribution is 8.10. The predicted molar refractivity (Wildman–Crippen MR) is 46.0 cm³/mol. The molecule has 1 unspecified atom stereocenters. The Hall–Kier alpha value is 0.400. The lowest BCUT2D eigenvalue weighted by molar-refractivity contribution is 0.158. The smallest absolute Gasteiger partial charge is 0.255 e. The average Bonchev–Trinajstić information content (AvgIpc) is 1.78. The maximum atomic E-state index is 10.3. The van der Waals surface area contributed by atoms with Crippen molar-refractivity contribution in [3.63, 3.8) is 0 Å². The number of rotatable bonds is 5. The summed E-state index contributed by atoms with van der Waals surface area (Å²) < 4.78 is 49.1. The Labute approximate surface area is 85.0 Å². The van der Waals surface area contributed by atoms with E-state index in [0.29, 0.717) is 0 Å². The molecule has 0 saturated carbocycles. The van der Waals surface area contributed by atoms with Crippen LogP contribution in [-0.2, 0) is 27.0 Å². The molecular formula is C3H6Cl2O6S2. The number of hydrogen-bond acceptors (Lipinski definition) is 6. The molecule has 0 N–H and O–H groups in total. The molecule has 0 aromatic carbocycles. The van der Waals surface area contributed by atoms with Crippen molar-refractivity contribution in [3.8, 4) is 0 Å². The van der Waals surface area contributed by atoms with Gasteiger partial charge in [-0.3, -0.25) is 8.37 Å². The van der Waals surface area contributed by atoms with E-state index in [4.69, 9.17) is 10.7 Å². The second kappa shape index (κ2) is 4.76. The molecule has 0 saturated heterocycles. The first-order chi connectivity index (χ1) is 5.60. The van der Waals surface area contributed by atoms with E-state index in [1.807, 2.05) is 0 Å². The van der Waals surface area contributed by atoms with Crippen LogP contribution in [-0.4, -0.2) is 29.5 Å². The summed E-state index contributed by atoms with van der Waals surface area (Å²) in [7, 11) is 1.09. The van der Waals surface area contributed by atoms with Crippen LogP contribution in [0.2, 0.25) is 0 Å². The molecule has 10 heteroatoms. The standard InChI is InChI=1S/C3H6Cl2O6S2/c1-3(11-13(5,8)9)2-10-12(4,6)7/h3H,2H2,1H3. The number of halogens is 2. The van der Waals surface area contributed by atoms with Crippen molar-refractivity contribution in [1.82, 2.24) is 0 Å². The molecule has 0 bridgehead atoms. The second-order valence-electron chi connectivity index (χ2n) is 1.98. The molecule has 1 atom stereocenters. The molecule has 0 spiro atoms. The molecule has 0 radical (unpaired) electrons. The molecule has 0 aliphatic rings. The van der Waals surface area contributed by atoms with Gasteiger partial charge >= 0.3 is 18.7 Å². The van der Waals surface area contributed by atoms with E-state index in [1.54, 1.807) is 0 Å². The average molecular weight is 273 g/mol. The lowest BCUT2D eigenvalue weighted by atomic mass is 10.5. The third-order valence-electron chi connectivity index (χ3n) is 0.723. The number of hydrogen-bond donors (Lipinski definition) is 0. The van der Waals surface area contributed by atoms with E-state index in [0.717, 1.165) is 0 Å². The molecule has 13 heavy (non-hydrogen) atoms. The van der Waals surface area contributed by atoms with E-state index < -0.39 is 31.4 Å². The highest BCUT2D eigenvalue weighted by Crippen LogP contribution is 2.07. The van der Waals surface area contributed by atoms with Gasteiger partial charge in [-0.15, -0.1) is 0 Å². The first-order valence-electron chi connectivity index (χ1n) is 2.82. The molecule has 0 aromatic heterocycles. The Balaban J connectivity index is 3.98. The first-order valence-corrected chi connectivity index (χ1v) is 7.29. The highest BCUT2D eigenvalue weighted by Gasteiger charge is 2.15. The molecular weight excluding hydrogens is 267 g/mol. The molecule has 80 valence electrons. The topological polar surface area (TPSA) is 86.7 Å². The fourth-order valence-electron chi connectivity index (χ4n) is 0.401. The third kappa shape index (κ3) is 10.3. The molecule has 6 nitrogen and oxygen atoms in total. The summed E-state index contributed by atoms with van der Waals surface area (Å²) in [5, 5.41) is 0. The summed E-state index contributed by atoms with van der Waals surface area (Å²) in [6.07, 6.45) is -1.03. The molecule has 0 rings (SSSR count). The van der Waals surface area contributed by atoms with Crippen molar-refractivity contribution in [1.29, 1.82) is 0 Å². The van der Waals surface area contributed by atoms with E-state index >= 15 is 0 Å². The molecule has 0 fully saturated rings. The quantitative estimate of drug-likeness (QED) is 0.673. The Morgan fingerprint density at radius 2 is 1.62 bits per heavy atom. The van der Waals surface area contributed by atoms with Crippen molar-refractivity contribution < 1.29 is 25.2 Å². The van der Waals surface area contributed by atoms with E-state index in [9.17, 15) is 16.8 Å². The van der Waals surface area contributed by atoms with Gasteiger partial charge in [0.25, 0.3) is 0 Å². The molecule has 0 amide bonds. The van der Waals surface area contributed by atoms with E-state index in [1.165, 1.54) is 6.92 Å². The minimum Gasteiger partial charge on any atom is -0.255 e. The fourth-order valence-corrected chi connectivity index (χ4v) is 1.73. The van der Waals surface area contributed by atoms with Gasteiger partial charge in [0.15, 0.2) is 0 Å². The Morgan fingerprint density at radius 1 is 1.15 bits per heavy atom. The summed E-state index contributed by atoms with van der Waals surface area (Å²) in [4.78, 5) is 0. The van der Waals surface area contributed by atoms with Crippen LogP contribution in [0.4, 0.5) is 0 Å². The highest BCUT2D eigenvalue weighted by atomic mass is 35.7. The van der Waals surface area contributed by atoms with Gasteiger partial charge in [-0.25, -0.2) is 0 Å². The van der Waals surface area contributed by atoms with Gasteiger partial charge in [0.2, 0.25) is 0 Å².